The molecule has 0 N–H and O–H groups in total. The predicted octanol–water partition coefficient (Wildman–Crippen LogP) is 2.42. The molecule has 0 aliphatic carbocycles. The SMILES string of the molecule is CCCCC/C=C/N=C=O. The van der Waals surface area contributed by atoms with Gasteiger partial charge >= 0.3 is 0 Å². The van der Waals surface area contributed by atoms with E-state index < -0.39 is 0 Å². The molecule has 0 saturated heterocycles. The molecule has 0 fully saturated rings. The Hall–Kier alpha value is -0.880. The highest BCUT2D eigenvalue weighted by molar-refractivity contribution is 5.34. The Kier molecular flexibility index (Phi) is 7.41. The Morgan fingerprint density at radius 1 is 1.50 bits per heavy atom. The first-order valence-electron chi connectivity index (χ1n) is 3.63. The molecule has 0 saturated carbocycles. The maximum Gasteiger partial charge on any atom is 0.239 e. The Balaban J connectivity index is 3.10. The second kappa shape index (κ2) is 8.12. The van der Waals surface area contributed by atoms with Crippen molar-refractivity contribution < 1.29 is 4.79 Å². The maximum absolute atomic E-state index is 9.55. The first-order chi connectivity index (χ1) is 4.91. The van der Waals surface area contributed by atoms with Crippen LogP contribution in [0.25, 0.3) is 0 Å². The normalized spacial score (nSPS) is 9.70. The monoisotopic (exact) mass is 139 g/mol. The average Bonchev–Trinajstić information content (AvgIpc) is 1.97. The van der Waals surface area contributed by atoms with Crippen molar-refractivity contribution in [1.29, 1.82) is 0 Å². The third kappa shape index (κ3) is 7.12. The van der Waals surface area contributed by atoms with Crippen molar-refractivity contribution in [2.45, 2.75) is 32.6 Å². The molecule has 0 atom stereocenters. The molecule has 2 nitrogen and oxygen atoms in total. The van der Waals surface area contributed by atoms with Crippen LogP contribution < -0.4 is 0 Å². The molecule has 0 heterocycles. The third-order valence-corrected chi connectivity index (χ3v) is 1.21. The van der Waals surface area contributed by atoms with Crippen molar-refractivity contribution in [2.75, 3.05) is 0 Å². The number of hydrogen-bond acceptors (Lipinski definition) is 2. The molecule has 0 amide bonds. The Bertz CT molecular complexity index is 134. The summed E-state index contributed by atoms with van der Waals surface area (Å²) in [7, 11) is 0. The highest BCUT2D eigenvalue weighted by Gasteiger charge is 1.79. The Labute approximate surface area is 61.7 Å². The first kappa shape index (κ1) is 9.12. The van der Waals surface area contributed by atoms with E-state index in [-0.39, 0.29) is 0 Å². The molecule has 0 bridgehead atoms. The van der Waals surface area contributed by atoms with E-state index in [9.17, 15) is 4.79 Å². The summed E-state index contributed by atoms with van der Waals surface area (Å²) >= 11 is 0. The number of allylic oxidation sites excluding steroid dienone is 1. The van der Waals surface area contributed by atoms with Crippen molar-refractivity contribution in [1.82, 2.24) is 0 Å². The summed E-state index contributed by atoms with van der Waals surface area (Å²) in [6, 6.07) is 0. The summed E-state index contributed by atoms with van der Waals surface area (Å²) in [6.07, 6.45) is 9.51. The number of rotatable bonds is 5. The van der Waals surface area contributed by atoms with Gasteiger partial charge in [-0.15, -0.1) is 0 Å². The number of carbonyl (C=O) groups excluding carboxylic acids is 1. The molecule has 0 spiro atoms. The topological polar surface area (TPSA) is 29.4 Å². The zero-order chi connectivity index (χ0) is 7.66. The van der Waals surface area contributed by atoms with E-state index in [1.54, 1.807) is 0 Å². The van der Waals surface area contributed by atoms with Crippen LogP contribution in [0.4, 0.5) is 0 Å². The molecule has 0 aromatic carbocycles. The van der Waals surface area contributed by atoms with Crippen LogP contribution in [0.15, 0.2) is 17.3 Å². The van der Waals surface area contributed by atoms with E-state index in [0.717, 1.165) is 6.42 Å². The van der Waals surface area contributed by atoms with Gasteiger partial charge < -0.3 is 0 Å². The predicted molar refractivity (Wildman–Crippen MR) is 41.4 cm³/mol. The first-order valence-corrected chi connectivity index (χ1v) is 3.63. The van der Waals surface area contributed by atoms with Crippen LogP contribution in [0.5, 0.6) is 0 Å². The van der Waals surface area contributed by atoms with Gasteiger partial charge in [-0.1, -0.05) is 25.8 Å². The fourth-order valence-corrected chi connectivity index (χ4v) is 0.670. The number of aliphatic imine (C=N–C) groups is 1. The minimum Gasteiger partial charge on any atom is -0.211 e. The summed E-state index contributed by atoms with van der Waals surface area (Å²) in [5.74, 6) is 0. The van der Waals surface area contributed by atoms with Gasteiger partial charge in [-0.2, -0.15) is 4.99 Å². The Morgan fingerprint density at radius 2 is 2.30 bits per heavy atom. The summed E-state index contributed by atoms with van der Waals surface area (Å²) in [4.78, 5) is 12.8. The average molecular weight is 139 g/mol. The summed E-state index contributed by atoms with van der Waals surface area (Å²) in [5, 5.41) is 0. The van der Waals surface area contributed by atoms with Gasteiger partial charge in [-0.25, -0.2) is 4.79 Å². The molecular formula is C8H13NO. The Morgan fingerprint density at radius 3 is 2.90 bits per heavy atom. The molecule has 56 valence electrons. The van der Waals surface area contributed by atoms with E-state index in [4.69, 9.17) is 0 Å². The molecule has 0 aromatic heterocycles. The van der Waals surface area contributed by atoms with Crippen LogP contribution in [0.2, 0.25) is 0 Å². The van der Waals surface area contributed by atoms with Crippen molar-refractivity contribution in [3.05, 3.63) is 12.3 Å². The minimum absolute atomic E-state index is 1.01. The zero-order valence-corrected chi connectivity index (χ0v) is 6.34. The summed E-state index contributed by atoms with van der Waals surface area (Å²) in [6.45, 7) is 2.16. The lowest BCUT2D eigenvalue weighted by atomic mass is 10.2. The number of unbranched alkanes of at least 4 members (excludes halogenated alkanes) is 3. The van der Waals surface area contributed by atoms with Gasteiger partial charge in [0.05, 0.1) is 0 Å². The van der Waals surface area contributed by atoms with E-state index in [0.29, 0.717) is 0 Å². The van der Waals surface area contributed by atoms with Gasteiger partial charge in [0.25, 0.3) is 0 Å². The van der Waals surface area contributed by atoms with Crippen LogP contribution in [0, 0.1) is 0 Å². The molecule has 0 rings (SSSR count). The standard InChI is InChI=1S/C8H13NO/c1-2-3-4-5-6-7-9-8-10/h6-7H,2-5H2,1H3/b7-6+. The van der Waals surface area contributed by atoms with Gasteiger partial charge in [-0.3, -0.25) is 0 Å². The number of hydrogen-bond donors (Lipinski definition) is 0. The molecule has 0 aliphatic rings. The fraction of sp³-hybridized carbons (Fsp3) is 0.625. The molecule has 0 aliphatic heterocycles. The lowest BCUT2D eigenvalue weighted by molar-refractivity contribution is 0.565. The molecule has 0 unspecified atom stereocenters. The second-order valence-electron chi connectivity index (χ2n) is 2.10. The minimum atomic E-state index is 1.01. The molecule has 0 radical (unpaired) electrons. The van der Waals surface area contributed by atoms with Gasteiger partial charge in [0, 0.05) is 6.20 Å². The van der Waals surface area contributed by atoms with Crippen molar-refractivity contribution in [2.24, 2.45) is 4.99 Å². The molecule has 2 heteroatoms. The van der Waals surface area contributed by atoms with Crippen LogP contribution in [0.3, 0.4) is 0 Å². The van der Waals surface area contributed by atoms with Gasteiger partial charge in [0.1, 0.15) is 0 Å². The quantitative estimate of drug-likeness (QED) is 0.327. The van der Waals surface area contributed by atoms with Crippen molar-refractivity contribution in [3.63, 3.8) is 0 Å². The summed E-state index contributed by atoms with van der Waals surface area (Å²) in [5.41, 5.74) is 0. The lowest BCUT2D eigenvalue weighted by Gasteiger charge is -1.88. The summed E-state index contributed by atoms with van der Waals surface area (Å²) < 4.78 is 0. The number of isocyanates is 1. The van der Waals surface area contributed by atoms with Crippen LogP contribution in [-0.4, -0.2) is 6.08 Å². The fourth-order valence-electron chi connectivity index (χ4n) is 0.670. The van der Waals surface area contributed by atoms with Crippen molar-refractivity contribution >= 4 is 6.08 Å². The van der Waals surface area contributed by atoms with Crippen LogP contribution >= 0.6 is 0 Å². The van der Waals surface area contributed by atoms with E-state index in [2.05, 4.69) is 11.9 Å². The van der Waals surface area contributed by atoms with Gasteiger partial charge in [-0.05, 0) is 12.8 Å². The highest BCUT2D eigenvalue weighted by Crippen LogP contribution is 1.98. The second-order valence-corrected chi connectivity index (χ2v) is 2.10. The number of nitrogens with zero attached hydrogens (tertiary/aromatic N) is 1. The lowest BCUT2D eigenvalue weighted by Crippen LogP contribution is -1.69. The molecule has 10 heavy (non-hydrogen) atoms. The highest BCUT2D eigenvalue weighted by atomic mass is 16.1. The zero-order valence-electron chi connectivity index (χ0n) is 6.34. The molecule has 0 aromatic rings. The van der Waals surface area contributed by atoms with E-state index in [1.165, 1.54) is 31.5 Å². The van der Waals surface area contributed by atoms with Gasteiger partial charge in [0.2, 0.25) is 6.08 Å². The van der Waals surface area contributed by atoms with Crippen LogP contribution in [-0.2, 0) is 4.79 Å². The third-order valence-electron chi connectivity index (χ3n) is 1.21. The van der Waals surface area contributed by atoms with E-state index in [1.807, 2.05) is 6.08 Å². The van der Waals surface area contributed by atoms with Gasteiger partial charge in [0.15, 0.2) is 0 Å². The molecular weight excluding hydrogens is 126 g/mol. The maximum atomic E-state index is 9.55. The smallest absolute Gasteiger partial charge is 0.211 e. The van der Waals surface area contributed by atoms with Crippen molar-refractivity contribution in [3.8, 4) is 0 Å². The largest absolute Gasteiger partial charge is 0.239 e. The van der Waals surface area contributed by atoms with Crippen LogP contribution in [0.1, 0.15) is 32.6 Å². The van der Waals surface area contributed by atoms with E-state index >= 15 is 0 Å².